The van der Waals surface area contributed by atoms with Crippen LogP contribution in [0, 0.1) is 13.8 Å². The van der Waals surface area contributed by atoms with Gasteiger partial charge in [0.15, 0.2) is 5.82 Å². The van der Waals surface area contributed by atoms with Gasteiger partial charge >= 0.3 is 0 Å². The average Bonchev–Trinajstić information content (AvgIpc) is 3.24. The van der Waals surface area contributed by atoms with Gasteiger partial charge in [0.05, 0.1) is 15.6 Å². The number of aryl methyl sites for hydroxylation is 2. The molecule has 2 heterocycles. The summed E-state index contributed by atoms with van der Waals surface area (Å²) in [6, 6.07) is 21.6. The molecule has 0 aliphatic carbocycles. The predicted molar refractivity (Wildman–Crippen MR) is 140 cm³/mol. The quantitative estimate of drug-likeness (QED) is 0.280. The fraction of sp³-hybridized carbons (Fsp3) is 0.207. The van der Waals surface area contributed by atoms with Gasteiger partial charge in [-0.15, -0.1) is 11.3 Å². The van der Waals surface area contributed by atoms with Crippen LogP contribution in [-0.2, 0) is 5.41 Å². The zero-order valence-corrected chi connectivity index (χ0v) is 20.5. The summed E-state index contributed by atoms with van der Waals surface area (Å²) in [7, 11) is 0. The van der Waals surface area contributed by atoms with Gasteiger partial charge in [0.25, 0.3) is 0 Å². The van der Waals surface area contributed by atoms with Gasteiger partial charge < -0.3 is 0 Å². The molecular formula is C29H27N3S. The first-order chi connectivity index (χ1) is 15.8. The smallest absolute Gasteiger partial charge is 0.159 e. The summed E-state index contributed by atoms with van der Waals surface area (Å²) in [5, 5.41) is 3.58. The summed E-state index contributed by atoms with van der Waals surface area (Å²) in [5.74, 6) is 0.758. The van der Waals surface area contributed by atoms with E-state index in [9.17, 15) is 0 Å². The molecule has 3 aromatic carbocycles. The van der Waals surface area contributed by atoms with Gasteiger partial charge in [0, 0.05) is 23.5 Å². The van der Waals surface area contributed by atoms with Crippen molar-refractivity contribution in [1.82, 2.24) is 15.0 Å². The lowest BCUT2D eigenvalue weighted by Crippen LogP contribution is -2.12. The fourth-order valence-electron chi connectivity index (χ4n) is 4.22. The number of hydrogen-bond acceptors (Lipinski definition) is 4. The zero-order valence-electron chi connectivity index (χ0n) is 19.7. The van der Waals surface area contributed by atoms with E-state index in [0.29, 0.717) is 0 Å². The number of fused-ring (bicyclic) bond motifs is 1. The SMILES string of the molecule is Cc1ncc(-c2ccc(-c3nc(-c4cc(C(C)(C)C)c5ccccc5c4)ncc3C)cc2)s1. The minimum Gasteiger partial charge on any atom is -0.249 e. The Morgan fingerprint density at radius 2 is 1.48 bits per heavy atom. The van der Waals surface area contributed by atoms with Crippen LogP contribution in [0.2, 0.25) is 0 Å². The average molecular weight is 450 g/mol. The monoisotopic (exact) mass is 449 g/mol. The zero-order chi connectivity index (χ0) is 23.2. The van der Waals surface area contributed by atoms with E-state index >= 15 is 0 Å². The number of benzene rings is 3. The van der Waals surface area contributed by atoms with Gasteiger partial charge in [0.1, 0.15) is 0 Å². The number of rotatable bonds is 3. The minimum absolute atomic E-state index is 0.0218. The Balaban J connectivity index is 1.59. The van der Waals surface area contributed by atoms with Gasteiger partial charge in [-0.2, -0.15) is 0 Å². The van der Waals surface area contributed by atoms with Crippen LogP contribution in [0.1, 0.15) is 36.9 Å². The lowest BCUT2D eigenvalue weighted by Gasteiger charge is -2.22. The first kappa shape index (κ1) is 21.5. The lowest BCUT2D eigenvalue weighted by atomic mass is 9.82. The molecule has 0 saturated carbocycles. The van der Waals surface area contributed by atoms with Crippen molar-refractivity contribution in [2.75, 3.05) is 0 Å². The van der Waals surface area contributed by atoms with E-state index in [0.717, 1.165) is 33.2 Å². The summed E-state index contributed by atoms with van der Waals surface area (Å²) in [6.45, 7) is 10.9. The van der Waals surface area contributed by atoms with Crippen LogP contribution in [0.3, 0.4) is 0 Å². The second kappa shape index (κ2) is 8.20. The molecule has 0 aliphatic rings. The van der Waals surface area contributed by atoms with Crippen molar-refractivity contribution >= 4 is 22.1 Å². The Kier molecular flexibility index (Phi) is 5.34. The first-order valence-corrected chi connectivity index (χ1v) is 12.0. The number of thiazole rings is 1. The fourth-order valence-corrected chi connectivity index (χ4v) is 5.00. The Hall–Kier alpha value is -3.37. The molecule has 4 heteroatoms. The van der Waals surface area contributed by atoms with Crippen molar-refractivity contribution in [3.8, 4) is 33.1 Å². The topological polar surface area (TPSA) is 38.7 Å². The summed E-state index contributed by atoms with van der Waals surface area (Å²) in [4.78, 5) is 15.3. The molecule has 0 aliphatic heterocycles. The van der Waals surface area contributed by atoms with Crippen LogP contribution in [0.4, 0.5) is 0 Å². The predicted octanol–water partition coefficient (Wildman–Crippen LogP) is 8.00. The molecule has 5 aromatic rings. The van der Waals surface area contributed by atoms with Crippen LogP contribution in [0.15, 0.2) is 73.1 Å². The lowest BCUT2D eigenvalue weighted by molar-refractivity contribution is 0.596. The van der Waals surface area contributed by atoms with Crippen molar-refractivity contribution in [2.45, 2.75) is 40.0 Å². The molecule has 33 heavy (non-hydrogen) atoms. The van der Waals surface area contributed by atoms with Crippen LogP contribution in [0.25, 0.3) is 43.9 Å². The first-order valence-electron chi connectivity index (χ1n) is 11.2. The molecule has 0 radical (unpaired) electrons. The highest BCUT2D eigenvalue weighted by Crippen LogP contribution is 2.35. The van der Waals surface area contributed by atoms with Crippen LogP contribution < -0.4 is 0 Å². The normalized spacial score (nSPS) is 11.8. The van der Waals surface area contributed by atoms with Crippen LogP contribution in [-0.4, -0.2) is 15.0 Å². The molecule has 0 atom stereocenters. The third-order valence-corrected chi connectivity index (χ3v) is 6.93. The van der Waals surface area contributed by atoms with E-state index < -0.39 is 0 Å². The number of nitrogens with zero attached hydrogens (tertiary/aromatic N) is 3. The van der Waals surface area contributed by atoms with E-state index in [1.807, 2.05) is 19.3 Å². The number of hydrogen-bond donors (Lipinski definition) is 0. The molecule has 5 rings (SSSR count). The molecule has 2 aromatic heterocycles. The second-order valence-corrected chi connectivity index (χ2v) is 10.8. The molecule has 0 fully saturated rings. The maximum absolute atomic E-state index is 5.03. The highest BCUT2D eigenvalue weighted by Gasteiger charge is 2.19. The summed E-state index contributed by atoms with van der Waals surface area (Å²) in [6.07, 6.45) is 3.87. The van der Waals surface area contributed by atoms with Crippen molar-refractivity contribution in [1.29, 1.82) is 0 Å². The Bertz CT molecular complexity index is 1460. The summed E-state index contributed by atoms with van der Waals surface area (Å²) < 4.78 is 0. The van der Waals surface area contributed by atoms with Crippen LogP contribution in [0.5, 0.6) is 0 Å². The Labute approximate surface area is 199 Å². The highest BCUT2D eigenvalue weighted by molar-refractivity contribution is 7.15. The van der Waals surface area contributed by atoms with Crippen LogP contribution >= 0.6 is 11.3 Å². The van der Waals surface area contributed by atoms with E-state index in [1.54, 1.807) is 11.3 Å². The third kappa shape index (κ3) is 4.19. The molecule has 0 unspecified atom stereocenters. The van der Waals surface area contributed by atoms with E-state index in [1.165, 1.54) is 26.8 Å². The number of aromatic nitrogens is 3. The van der Waals surface area contributed by atoms with Crippen molar-refractivity contribution in [3.63, 3.8) is 0 Å². The molecule has 0 saturated heterocycles. The summed E-state index contributed by atoms with van der Waals surface area (Å²) in [5.41, 5.74) is 6.70. The van der Waals surface area contributed by atoms with Crippen molar-refractivity contribution in [3.05, 3.63) is 89.2 Å². The highest BCUT2D eigenvalue weighted by atomic mass is 32.1. The maximum Gasteiger partial charge on any atom is 0.159 e. The van der Waals surface area contributed by atoms with Gasteiger partial charge in [0.2, 0.25) is 0 Å². The van der Waals surface area contributed by atoms with Gasteiger partial charge in [-0.25, -0.2) is 15.0 Å². The van der Waals surface area contributed by atoms with Gasteiger partial charge in [-0.3, -0.25) is 0 Å². The molecular weight excluding hydrogens is 422 g/mol. The van der Waals surface area contributed by atoms with E-state index in [2.05, 4.69) is 93.3 Å². The molecule has 164 valence electrons. The molecule has 0 amide bonds. The molecule has 0 N–H and O–H groups in total. The Morgan fingerprint density at radius 3 is 2.18 bits per heavy atom. The standard InChI is InChI=1S/C29H27N3S/c1-18-16-31-28(23-14-22-8-6-7-9-24(22)25(15-23)29(3,4)5)32-27(18)21-12-10-20(11-13-21)26-17-30-19(2)33-26/h6-17H,1-5H3. The molecule has 3 nitrogen and oxygen atoms in total. The molecule has 0 bridgehead atoms. The summed E-state index contributed by atoms with van der Waals surface area (Å²) >= 11 is 1.71. The largest absolute Gasteiger partial charge is 0.249 e. The molecule has 0 spiro atoms. The van der Waals surface area contributed by atoms with Crippen molar-refractivity contribution < 1.29 is 0 Å². The third-order valence-electron chi connectivity index (χ3n) is 5.96. The maximum atomic E-state index is 5.03. The van der Waals surface area contributed by atoms with Gasteiger partial charge in [-0.1, -0.05) is 69.3 Å². The van der Waals surface area contributed by atoms with Gasteiger partial charge in [-0.05, 0) is 58.9 Å². The van der Waals surface area contributed by atoms with E-state index in [-0.39, 0.29) is 5.41 Å². The second-order valence-electron chi connectivity index (χ2n) is 9.54. The Morgan fingerprint density at radius 1 is 0.758 bits per heavy atom. The van der Waals surface area contributed by atoms with Crippen molar-refractivity contribution in [2.24, 2.45) is 0 Å². The minimum atomic E-state index is 0.0218. The van der Waals surface area contributed by atoms with E-state index in [4.69, 9.17) is 9.97 Å².